The van der Waals surface area contributed by atoms with Gasteiger partial charge in [-0.2, -0.15) is 0 Å². The molecule has 2 rings (SSSR count). The SMILES string of the molecule is ClC(Cl)(Cl)c1ncc2c(n1)CNC2. The van der Waals surface area contributed by atoms with Gasteiger partial charge in [0.1, 0.15) is 0 Å². The van der Waals surface area contributed by atoms with Crippen LogP contribution >= 0.6 is 34.8 Å². The van der Waals surface area contributed by atoms with Crippen LogP contribution in [0.2, 0.25) is 0 Å². The van der Waals surface area contributed by atoms with Crippen molar-refractivity contribution in [2.24, 2.45) is 0 Å². The summed E-state index contributed by atoms with van der Waals surface area (Å²) in [5.74, 6) is 0.236. The van der Waals surface area contributed by atoms with Gasteiger partial charge in [-0.15, -0.1) is 0 Å². The zero-order valence-corrected chi connectivity index (χ0v) is 8.79. The molecule has 13 heavy (non-hydrogen) atoms. The molecule has 1 aromatic rings. The Morgan fingerprint density at radius 2 is 2.08 bits per heavy atom. The first kappa shape index (κ1) is 9.46. The number of halogens is 3. The van der Waals surface area contributed by atoms with Crippen molar-refractivity contribution in [1.29, 1.82) is 0 Å². The summed E-state index contributed by atoms with van der Waals surface area (Å²) in [6, 6.07) is 0. The molecule has 0 aliphatic carbocycles. The van der Waals surface area contributed by atoms with Crippen LogP contribution < -0.4 is 5.32 Å². The molecule has 0 amide bonds. The lowest BCUT2D eigenvalue weighted by molar-refractivity contribution is 0.756. The first-order valence-electron chi connectivity index (χ1n) is 3.70. The molecule has 2 heterocycles. The van der Waals surface area contributed by atoms with Crippen molar-refractivity contribution in [2.75, 3.05) is 0 Å². The van der Waals surface area contributed by atoms with Crippen molar-refractivity contribution < 1.29 is 0 Å². The first-order chi connectivity index (χ1) is 6.07. The van der Waals surface area contributed by atoms with Crippen LogP contribution in [0.1, 0.15) is 17.1 Å². The molecule has 3 nitrogen and oxygen atoms in total. The molecule has 70 valence electrons. The molecule has 6 heteroatoms. The summed E-state index contributed by atoms with van der Waals surface area (Å²) in [6.07, 6.45) is 1.69. The quantitative estimate of drug-likeness (QED) is 0.702. The summed E-state index contributed by atoms with van der Waals surface area (Å²) in [5, 5.41) is 3.13. The number of nitrogens with zero attached hydrogens (tertiary/aromatic N) is 2. The Balaban J connectivity index is 2.42. The minimum Gasteiger partial charge on any atom is -0.307 e. The summed E-state index contributed by atoms with van der Waals surface area (Å²) < 4.78 is -1.53. The third-order valence-electron chi connectivity index (χ3n) is 1.82. The number of hydrogen-bond acceptors (Lipinski definition) is 3. The first-order valence-corrected chi connectivity index (χ1v) is 4.83. The Bertz CT molecular complexity index is 334. The smallest absolute Gasteiger partial charge is 0.250 e. The summed E-state index contributed by atoms with van der Waals surface area (Å²) in [7, 11) is 0. The van der Waals surface area contributed by atoms with Gasteiger partial charge in [0.05, 0.1) is 5.69 Å². The second kappa shape index (κ2) is 3.24. The van der Waals surface area contributed by atoms with Gasteiger partial charge in [0.15, 0.2) is 5.82 Å². The van der Waals surface area contributed by atoms with Crippen LogP contribution in [0.5, 0.6) is 0 Å². The van der Waals surface area contributed by atoms with E-state index in [9.17, 15) is 0 Å². The molecule has 0 atom stereocenters. The predicted molar refractivity (Wildman–Crippen MR) is 51.8 cm³/mol. The molecule has 0 fully saturated rings. The average molecular weight is 239 g/mol. The van der Waals surface area contributed by atoms with E-state index in [2.05, 4.69) is 15.3 Å². The van der Waals surface area contributed by atoms with Crippen LogP contribution in [0.25, 0.3) is 0 Å². The Morgan fingerprint density at radius 3 is 2.77 bits per heavy atom. The van der Waals surface area contributed by atoms with E-state index < -0.39 is 3.79 Å². The fraction of sp³-hybridized carbons (Fsp3) is 0.429. The predicted octanol–water partition coefficient (Wildman–Crippen LogP) is 1.91. The van der Waals surface area contributed by atoms with E-state index >= 15 is 0 Å². The van der Waals surface area contributed by atoms with Crippen molar-refractivity contribution >= 4 is 34.8 Å². The maximum Gasteiger partial charge on any atom is 0.250 e. The van der Waals surface area contributed by atoms with E-state index in [1.54, 1.807) is 6.20 Å². The molecule has 1 N–H and O–H groups in total. The summed E-state index contributed by atoms with van der Waals surface area (Å²) in [4.78, 5) is 8.13. The molecule has 0 aromatic carbocycles. The Morgan fingerprint density at radius 1 is 1.31 bits per heavy atom. The maximum absolute atomic E-state index is 5.65. The van der Waals surface area contributed by atoms with Gasteiger partial charge >= 0.3 is 0 Å². The highest BCUT2D eigenvalue weighted by atomic mass is 35.6. The second-order valence-electron chi connectivity index (χ2n) is 2.77. The molecule has 1 aliphatic rings. The monoisotopic (exact) mass is 237 g/mol. The van der Waals surface area contributed by atoms with E-state index in [-0.39, 0.29) is 5.82 Å². The largest absolute Gasteiger partial charge is 0.307 e. The number of nitrogens with one attached hydrogen (secondary N) is 1. The number of aromatic nitrogens is 2. The van der Waals surface area contributed by atoms with Gasteiger partial charge in [-0.05, 0) is 0 Å². The zero-order chi connectivity index (χ0) is 9.47. The summed E-state index contributed by atoms with van der Waals surface area (Å²) in [6.45, 7) is 1.50. The summed E-state index contributed by atoms with van der Waals surface area (Å²) in [5.41, 5.74) is 1.98. The highest BCUT2D eigenvalue weighted by Crippen LogP contribution is 2.36. The van der Waals surface area contributed by atoms with Crippen molar-refractivity contribution in [2.45, 2.75) is 16.9 Å². The molecule has 0 radical (unpaired) electrons. The third kappa shape index (κ3) is 1.89. The van der Waals surface area contributed by atoms with Crippen molar-refractivity contribution in [3.05, 3.63) is 23.3 Å². The highest BCUT2D eigenvalue weighted by Gasteiger charge is 2.28. The fourth-order valence-electron chi connectivity index (χ4n) is 1.19. The van der Waals surface area contributed by atoms with Crippen LogP contribution in [0.4, 0.5) is 0 Å². The minimum absolute atomic E-state index is 0.236. The molecule has 0 bridgehead atoms. The number of alkyl halides is 3. The molecular weight excluding hydrogens is 232 g/mol. The Hall–Kier alpha value is -0.0900. The molecule has 0 saturated heterocycles. The lowest BCUT2D eigenvalue weighted by Crippen LogP contribution is -2.09. The molecule has 0 saturated carbocycles. The van der Waals surface area contributed by atoms with Gasteiger partial charge in [0, 0.05) is 24.8 Å². The van der Waals surface area contributed by atoms with Crippen LogP contribution in [0.3, 0.4) is 0 Å². The van der Waals surface area contributed by atoms with Gasteiger partial charge in [0.25, 0.3) is 0 Å². The van der Waals surface area contributed by atoms with Gasteiger partial charge in [0.2, 0.25) is 3.79 Å². The minimum atomic E-state index is -1.53. The highest BCUT2D eigenvalue weighted by molar-refractivity contribution is 6.66. The third-order valence-corrected chi connectivity index (χ3v) is 2.32. The molecule has 0 unspecified atom stereocenters. The molecule has 1 aliphatic heterocycles. The van der Waals surface area contributed by atoms with E-state index in [1.165, 1.54) is 0 Å². The van der Waals surface area contributed by atoms with Crippen molar-refractivity contribution in [3.63, 3.8) is 0 Å². The van der Waals surface area contributed by atoms with E-state index in [4.69, 9.17) is 34.8 Å². The topological polar surface area (TPSA) is 37.8 Å². The van der Waals surface area contributed by atoms with Gasteiger partial charge in [-0.25, -0.2) is 9.97 Å². The second-order valence-corrected chi connectivity index (χ2v) is 5.05. The normalized spacial score (nSPS) is 15.9. The van der Waals surface area contributed by atoms with Crippen LogP contribution in [-0.4, -0.2) is 9.97 Å². The van der Waals surface area contributed by atoms with Gasteiger partial charge in [-0.1, -0.05) is 34.8 Å². The van der Waals surface area contributed by atoms with Crippen LogP contribution in [-0.2, 0) is 16.9 Å². The van der Waals surface area contributed by atoms with E-state index in [0.717, 1.165) is 17.8 Å². The van der Waals surface area contributed by atoms with Crippen LogP contribution in [0, 0.1) is 0 Å². The Labute approximate surface area is 90.4 Å². The molecular formula is C7H6Cl3N3. The van der Waals surface area contributed by atoms with Gasteiger partial charge in [-0.3, -0.25) is 0 Å². The van der Waals surface area contributed by atoms with E-state index in [0.29, 0.717) is 6.54 Å². The number of rotatable bonds is 0. The summed E-state index contributed by atoms with van der Waals surface area (Å²) >= 11 is 16.9. The van der Waals surface area contributed by atoms with Crippen molar-refractivity contribution in [3.8, 4) is 0 Å². The van der Waals surface area contributed by atoms with Crippen molar-refractivity contribution in [1.82, 2.24) is 15.3 Å². The van der Waals surface area contributed by atoms with Gasteiger partial charge < -0.3 is 5.32 Å². The molecule has 1 aromatic heterocycles. The molecule has 0 spiro atoms. The number of hydrogen-bond donors (Lipinski definition) is 1. The number of fused-ring (bicyclic) bond motifs is 1. The standard InChI is InChI=1S/C7H6Cl3N3/c8-7(9,10)6-12-2-4-1-11-3-5(4)13-6/h2,11H,1,3H2. The lowest BCUT2D eigenvalue weighted by atomic mass is 10.3. The Kier molecular flexibility index (Phi) is 2.36. The maximum atomic E-state index is 5.65. The average Bonchev–Trinajstić information content (AvgIpc) is 2.47. The van der Waals surface area contributed by atoms with E-state index in [1.807, 2.05) is 0 Å². The lowest BCUT2D eigenvalue weighted by Gasteiger charge is -2.09. The zero-order valence-electron chi connectivity index (χ0n) is 6.52. The fourth-order valence-corrected chi connectivity index (χ4v) is 1.47. The van der Waals surface area contributed by atoms with Crippen LogP contribution in [0.15, 0.2) is 6.20 Å².